The Bertz CT molecular complexity index is 389. The van der Waals surface area contributed by atoms with E-state index in [9.17, 15) is 0 Å². The van der Waals surface area contributed by atoms with Crippen LogP contribution in [0, 0.1) is 0 Å². The zero-order chi connectivity index (χ0) is 13.5. The molecule has 0 radical (unpaired) electrons. The maximum atomic E-state index is 3.48. The monoisotopic (exact) mass is 277 g/mol. The fourth-order valence-electron chi connectivity index (χ4n) is 2.83. The summed E-state index contributed by atoms with van der Waals surface area (Å²) in [5.74, 6) is 1.26. The molecule has 1 N–H and O–H groups in total. The Morgan fingerprint density at radius 1 is 1.21 bits per heavy atom. The predicted octanol–water partition coefficient (Wildman–Crippen LogP) is 4.44. The summed E-state index contributed by atoms with van der Waals surface area (Å²) in [7, 11) is 0. The van der Waals surface area contributed by atoms with Crippen LogP contribution >= 0.6 is 11.8 Å². The van der Waals surface area contributed by atoms with Crippen molar-refractivity contribution in [3.05, 3.63) is 29.3 Å². The van der Waals surface area contributed by atoms with Gasteiger partial charge in [0, 0.05) is 10.9 Å². The summed E-state index contributed by atoms with van der Waals surface area (Å²) >= 11 is 2.03. The van der Waals surface area contributed by atoms with E-state index in [-0.39, 0.29) is 0 Å². The first-order chi connectivity index (χ1) is 9.29. The quantitative estimate of drug-likeness (QED) is 0.557. The van der Waals surface area contributed by atoms with Gasteiger partial charge in [-0.2, -0.15) is 0 Å². The average Bonchev–Trinajstić information content (AvgIpc) is 2.86. The van der Waals surface area contributed by atoms with Crippen molar-refractivity contribution in [1.29, 1.82) is 0 Å². The molecule has 19 heavy (non-hydrogen) atoms. The number of hydrogen-bond donors (Lipinski definition) is 1. The molecule has 0 fully saturated rings. The third kappa shape index (κ3) is 4.85. The molecule has 0 bridgehead atoms. The molecule has 1 aliphatic carbocycles. The summed E-state index contributed by atoms with van der Waals surface area (Å²) in [6, 6.07) is 7.76. The molecule has 1 aromatic carbocycles. The number of hydrogen-bond acceptors (Lipinski definition) is 2. The van der Waals surface area contributed by atoms with Crippen molar-refractivity contribution in [2.24, 2.45) is 0 Å². The van der Waals surface area contributed by atoms with Crippen LogP contribution in [0.3, 0.4) is 0 Å². The Morgan fingerprint density at radius 3 is 2.89 bits per heavy atom. The molecule has 0 amide bonds. The first-order valence-electron chi connectivity index (χ1n) is 7.77. The van der Waals surface area contributed by atoms with E-state index in [1.807, 2.05) is 11.8 Å². The lowest BCUT2D eigenvalue weighted by atomic mass is 10.1. The second kappa shape index (κ2) is 7.96. The minimum atomic E-state index is 0.676. The normalized spacial score (nSPS) is 15.5. The van der Waals surface area contributed by atoms with Gasteiger partial charge < -0.3 is 5.32 Å². The summed E-state index contributed by atoms with van der Waals surface area (Å²) in [6.45, 7) is 5.56. The molecule has 1 unspecified atom stereocenters. The summed E-state index contributed by atoms with van der Waals surface area (Å²) in [5.41, 5.74) is 3.19. The molecule has 2 heteroatoms. The first kappa shape index (κ1) is 14.9. The van der Waals surface area contributed by atoms with E-state index in [1.165, 1.54) is 49.2 Å². The number of nitrogens with one attached hydrogen (secondary N) is 1. The number of fused-ring (bicyclic) bond motifs is 1. The van der Waals surface area contributed by atoms with Gasteiger partial charge in [-0.15, -0.1) is 11.8 Å². The van der Waals surface area contributed by atoms with Gasteiger partial charge in [0.1, 0.15) is 0 Å². The summed E-state index contributed by atoms with van der Waals surface area (Å²) in [4.78, 5) is 1.47. The summed E-state index contributed by atoms with van der Waals surface area (Å²) in [5, 5.41) is 3.48. The Balaban J connectivity index is 1.63. The minimum Gasteiger partial charge on any atom is -0.315 e. The molecular weight excluding hydrogens is 250 g/mol. The average molecular weight is 277 g/mol. The van der Waals surface area contributed by atoms with Crippen LogP contribution in [0.2, 0.25) is 0 Å². The number of rotatable bonds is 8. The molecule has 0 aliphatic heterocycles. The Kier molecular flexibility index (Phi) is 6.25. The summed E-state index contributed by atoms with van der Waals surface area (Å²) in [6.07, 6.45) is 7.92. The van der Waals surface area contributed by atoms with Crippen molar-refractivity contribution in [2.75, 3.05) is 12.3 Å². The standard InChI is InChI=1S/C17H27NS/c1-3-18-14(2)7-4-5-12-19-17-11-10-15-8-6-9-16(15)13-17/h10-11,13-14,18H,3-9,12H2,1-2H3. The van der Waals surface area contributed by atoms with E-state index >= 15 is 0 Å². The van der Waals surface area contributed by atoms with Crippen LogP contribution in [-0.4, -0.2) is 18.3 Å². The Labute approximate surface area is 122 Å². The second-order valence-corrected chi connectivity index (χ2v) is 6.76. The van der Waals surface area contributed by atoms with E-state index in [1.54, 1.807) is 11.1 Å². The predicted molar refractivity (Wildman–Crippen MR) is 86.2 cm³/mol. The molecule has 1 atom stereocenters. The highest BCUT2D eigenvalue weighted by molar-refractivity contribution is 7.99. The number of unbranched alkanes of at least 4 members (excludes halogenated alkanes) is 1. The van der Waals surface area contributed by atoms with Crippen molar-refractivity contribution in [1.82, 2.24) is 5.32 Å². The van der Waals surface area contributed by atoms with Crippen LogP contribution in [0.25, 0.3) is 0 Å². The van der Waals surface area contributed by atoms with E-state index in [2.05, 4.69) is 37.4 Å². The smallest absolute Gasteiger partial charge is 0.00748 e. The zero-order valence-electron chi connectivity index (χ0n) is 12.4. The van der Waals surface area contributed by atoms with Crippen LogP contribution in [0.15, 0.2) is 23.1 Å². The Morgan fingerprint density at radius 2 is 2.05 bits per heavy atom. The first-order valence-corrected chi connectivity index (χ1v) is 8.76. The van der Waals surface area contributed by atoms with E-state index < -0.39 is 0 Å². The molecule has 1 aliphatic rings. The van der Waals surface area contributed by atoms with Crippen LogP contribution in [-0.2, 0) is 12.8 Å². The Hall–Kier alpha value is -0.470. The van der Waals surface area contributed by atoms with Gasteiger partial charge >= 0.3 is 0 Å². The molecule has 1 aromatic rings. The van der Waals surface area contributed by atoms with Gasteiger partial charge in [-0.3, -0.25) is 0 Å². The fourth-order valence-corrected chi connectivity index (χ4v) is 3.81. The van der Waals surface area contributed by atoms with Crippen molar-refractivity contribution < 1.29 is 0 Å². The number of benzene rings is 1. The molecule has 0 saturated carbocycles. The van der Waals surface area contributed by atoms with Gasteiger partial charge in [0.2, 0.25) is 0 Å². The zero-order valence-corrected chi connectivity index (χ0v) is 13.2. The lowest BCUT2D eigenvalue weighted by Crippen LogP contribution is -2.25. The van der Waals surface area contributed by atoms with Gasteiger partial charge in [0.25, 0.3) is 0 Å². The lowest BCUT2D eigenvalue weighted by Gasteiger charge is -2.11. The largest absolute Gasteiger partial charge is 0.315 e. The minimum absolute atomic E-state index is 0.676. The van der Waals surface area contributed by atoms with Crippen LogP contribution in [0.4, 0.5) is 0 Å². The summed E-state index contributed by atoms with van der Waals surface area (Å²) < 4.78 is 0. The van der Waals surface area contributed by atoms with E-state index in [4.69, 9.17) is 0 Å². The van der Waals surface area contributed by atoms with Crippen LogP contribution in [0.5, 0.6) is 0 Å². The van der Waals surface area contributed by atoms with Gasteiger partial charge in [-0.05, 0) is 74.6 Å². The molecule has 0 heterocycles. The maximum absolute atomic E-state index is 3.48. The highest BCUT2D eigenvalue weighted by atomic mass is 32.2. The topological polar surface area (TPSA) is 12.0 Å². The molecule has 0 spiro atoms. The molecule has 2 rings (SSSR count). The molecule has 0 saturated heterocycles. The highest BCUT2D eigenvalue weighted by Gasteiger charge is 2.10. The van der Waals surface area contributed by atoms with E-state index in [0.717, 1.165) is 6.54 Å². The van der Waals surface area contributed by atoms with Crippen LogP contribution in [0.1, 0.15) is 50.7 Å². The second-order valence-electron chi connectivity index (χ2n) is 5.59. The maximum Gasteiger partial charge on any atom is 0.00748 e. The van der Waals surface area contributed by atoms with E-state index in [0.29, 0.717) is 6.04 Å². The molecule has 1 nitrogen and oxygen atoms in total. The molecular formula is C17H27NS. The highest BCUT2D eigenvalue weighted by Crippen LogP contribution is 2.28. The van der Waals surface area contributed by atoms with Crippen LogP contribution < -0.4 is 5.32 Å². The van der Waals surface area contributed by atoms with Gasteiger partial charge in [0.15, 0.2) is 0 Å². The van der Waals surface area contributed by atoms with Crippen molar-refractivity contribution in [3.63, 3.8) is 0 Å². The molecule has 0 aromatic heterocycles. The lowest BCUT2D eigenvalue weighted by molar-refractivity contribution is 0.510. The molecule has 106 valence electrons. The van der Waals surface area contributed by atoms with Crippen molar-refractivity contribution >= 4 is 11.8 Å². The third-order valence-corrected chi connectivity index (χ3v) is 5.00. The fraction of sp³-hybridized carbons (Fsp3) is 0.647. The number of thioether (sulfide) groups is 1. The van der Waals surface area contributed by atoms with Gasteiger partial charge in [-0.1, -0.05) is 19.4 Å². The third-order valence-electron chi connectivity index (χ3n) is 3.92. The SMILES string of the molecule is CCNC(C)CCCCSc1ccc2c(c1)CCC2. The van der Waals surface area contributed by atoms with Crippen molar-refractivity contribution in [3.8, 4) is 0 Å². The van der Waals surface area contributed by atoms with Crippen molar-refractivity contribution in [2.45, 2.75) is 63.3 Å². The van der Waals surface area contributed by atoms with Gasteiger partial charge in [-0.25, -0.2) is 0 Å². The number of aryl methyl sites for hydroxylation is 2. The van der Waals surface area contributed by atoms with Gasteiger partial charge in [0.05, 0.1) is 0 Å².